The Labute approximate surface area is 171 Å². The van der Waals surface area contributed by atoms with Crippen molar-refractivity contribution in [2.75, 3.05) is 40.4 Å². The summed E-state index contributed by atoms with van der Waals surface area (Å²) in [7, 11) is 4.81. The molecular formula is C24H52NO2+. The number of nitrogens with zero attached hydrogens (tertiary/aromatic N) is 1. The minimum atomic E-state index is 0.361. The normalized spacial score (nSPS) is 12.0. The number of hydrogen-bond donors (Lipinski definition) is 2. The van der Waals surface area contributed by atoms with Crippen molar-refractivity contribution in [2.45, 2.75) is 116 Å². The molecule has 0 heterocycles. The van der Waals surface area contributed by atoms with E-state index in [1.54, 1.807) is 0 Å². The van der Waals surface area contributed by atoms with E-state index in [9.17, 15) is 0 Å². The lowest BCUT2D eigenvalue weighted by atomic mass is 10.1. The topological polar surface area (TPSA) is 40.5 Å². The second-order valence-electron chi connectivity index (χ2n) is 9.19. The summed E-state index contributed by atoms with van der Waals surface area (Å²) in [6.07, 6.45) is 23.6. The van der Waals surface area contributed by atoms with Crippen molar-refractivity contribution in [3.05, 3.63) is 0 Å². The van der Waals surface area contributed by atoms with E-state index in [-0.39, 0.29) is 0 Å². The average Bonchev–Trinajstić information content (AvgIpc) is 2.64. The number of rotatable bonds is 22. The van der Waals surface area contributed by atoms with Gasteiger partial charge in [-0.3, -0.25) is 0 Å². The molecule has 2 N–H and O–H groups in total. The number of unbranched alkanes of at least 4 members (excludes halogenated alkanes) is 16. The van der Waals surface area contributed by atoms with Gasteiger partial charge in [-0.1, -0.05) is 77.0 Å². The summed E-state index contributed by atoms with van der Waals surface area (Å²) in [4.78, 5) is 0. The third kappa shape index (κ3) is 22.0. The number of quaternary nitrogens is 1. The summed E-state index contributed by atoms with van der Waals surface area (Å²) < 4.78 is 1.20. The maximum atomic E-state index is 8.76. The van der Waals surface area contributed by atoms with Gasteiger partial charge in [0.2, 0.25) is 0 Å². The molecule has 0 aromatic rings. The van der Waals surface area contributed by atoms with Gasteiger partial charge in [0.25, 0.3) is 0 Å². The van der Waals surface area contributed by atoms with Gasteiger partial charge >= 0.3 is 0 Å². The van der Waals surface area contributed by atoms with Crippen molar-refractivity contribution in [3.8, 4) is 0 Å². The van der Waals surface area contributed by atoms with Crippen LogP contribution in [0.15, 0.2) is 0 Å². The number of aliphatic hydroxyl groups is 2. The van der Waals surface area contributed by atoms with Gasteiger partial charge in [0.15, 0.2) is 0 Å². The molecule has 0 saturated heterocycles. The highest BCUT2D eigenvalue weighted by molar-refractivity contribution is 4.50. The lowest BCUT2D eigenvalue weighted by molar-refractivity contribution is -0.890. The van der Waals surface area contributed by atoms with Crippen molar-refractivity contribution in [1.82, 2.24) is 0 Å². The molecular weight excluding hydrogens is 334 g/mol. The van der Waals surface area contributed by atoms with E-state index in [0.717, 1.165) is 12.8 Å². The Kier molecular flexibility index (Phi) is 20.5. The summed E-state index contributed by atoms with van der Waals surface area (Å²) in [6.45, 7) is 3.39. The van der Waals surface area contributed by atoms with Gasteiger partial charge in [-0.15, -0.1) is 0 Å². The van der Waals surface area contributed by atoms with Crippen LogP contribution in [0.4, 0.5) is 0 Å². The Bertz CT molecular complexity index is 256. The van der Waals surface area contributed by atoms with Crippen LogP contribution in [0.5, 0.6) is 0 Å². The van der Waals surface area contributed by atoms with E-state index in [0.29, 0.717) is 13.2 Å². The van der Waals surface area contributed by atoms with Crippen molar-refractivity contribution in [3.63, 3.8) is 0 Å². The molecule has 0 atom stereocenters. The summed E-state index contributed by atoms with van der Waals surface area (Å²) in [5.74, 6) is 0. The minimum Gasteiger partial charge on any atom is -0.396 e. The minimum absolute atomic E-state index is 0.361. The smallest absolute Gasteiger partial charge is 0.0782 e. The van der Waals surface area contributed by atoms with Gasteiger partial charge in [0.1, 0.15) is 0 Å². The molecule has 164 valence electrons. The Balaban J connectivity index is 3.31. The molecule has 0 rings (SSSR count). The summed E-state index contributed by atoms with van der Waals surface area (Å²) in [6, 6.07) is 0. The highest BCUT2D eigenvalue weighted by Gasteiger charge is 2.13. The van der Waals surface area contributed by atoms with Crippen LogP contribution in [-0.2, 0) is 0 Å². The van der Waals surface area contributed by atoms with Crippen LogP contribution < -0.4 is 0 Å². The molecule has 0 aliphatic rings. The van der Waals surface area contributed by atoms with Gasteiger partial charge in [0.05, 0.1) is 27.2 Å². The highest BCUT2D eigenvalue weighted by atomic mass is 16.3. The molecule has 3 nitrogen and oxygen atoms in total. The lowest BCUT2D eigenvalue weighted by Crippen LogP contribution is -2.41. The first-order valence-corrected chi connectivity index (χ1v) is 12.2. The van der Waals surface area contributed by atoms with Gasteiger partial charge in [-0.2, -0.15) is 0 Å². The molecule has 0 radical (unpaired) electrons. The van der Waals surface area contributed by atoms with E-state index in [1.807, 2.05) is 0 Å². The molecule has 27 heavy (non-hydrogen) atoms. The van der Waals surface area contributed by atoms with Crippen molar-refractivity contribution >= 4 is 0 Å². The van der Waals surface area contributed by atoms with Crippen LogP contribution in [0.25, 0.3) is 0 Å². The Morgan fingerprint density at radius 2 is 0.593 bits per heavy atom. The van der Waals surface area contributed by atoms with E-state index >= 15 is 0 Å². The molecule has 0 aromatic heterocycles. The Morgan fingerprint density at radius 1 is 0.370 bits per heavy atom. The van der Waals surface area contributed by atoms with Gasteiger partial charge in [0, 0.05) is 13.2 Å². The third-order valence-electron chi connectivity index (χ3n) is 5.84. The second kappa shape index (κ2) is 20.6. The van der Waals surface area contributed by atoms with Crippen LogP contribution in [0.1, 0.15) is 116 Å². The van der Waals surface area contributed by atoms with Crippen LogP contribution in [-0.4, -0.2) is 55.1 Å². The van der Waals surface area contributed by atoms with Crippen molar-refractivity contribution < 1.29 is 14.7 Å². The molecule has 0 spiro atoms. The maximum Gasteiger partial charge on any atom is 0.0782 e. The fourth-order valence-electron chi connectivity index (χ4n) is 3.89. The Hall–Kier alpha value is -0.120. The van der Waals surface area contributed by atoms with E-state index < -0.39 is 0 Å². The number of hydrogen-bond acceptors (Lipinski definition) is 2. The molecule has 0 aliphatic carbocycles. The van der Waals surface area contributed by atoms with Crippen LogP contribution >= 0.6 is 0 Å². The first kappa shape index (κ1) is 26.9. The fraction of sp³-hybridized carbons (Fsp3) is 1.00. The molecule has 0 unspecified atom stereocenters. The monoisotopic (exact) mass is 386 g/mol. The molecule has 0 aliphatic heterocycles. The predicted molar refractivity (Wildman–Crippen MR) is 119 cm³/mol. The van der Waals surface area contributed by atoms with Crippen LogP contribution in [0, 0.1) is 0 Å². The van der Waals surface area contributed by atoms with Gasteiger partial charge in [-0.25, -0.2) is 0 Å². The van der Waals surface area contributed by atoms with Crippen LogP contribution in [0.3, 0.4) is 0 Å². The SMILES string of the molecule is C[N+](C)(CCCCCCCCCCCO)CCCCCCCCCCCO. The standard InChI is InChI=1S/C24H52NO2/c1-25(2,21-17-13-9-5-3-7-11-15-19-23-26)22-18-14-10-6-4-8-12-16-20-24-27/h26-27H,3-24H2,1-2H3/q+1. The lowest BCUT2D eigenvalue weighted by Gasteiger charge is -2.30. The summed E-state index contributed by atoms with van der Waals surface area (Å²) >= 11 is 0. The summed E-state index contributed by atoms with van der Waals surface area (Å²) in [5.41, 5.74) is 0. The first-order valence-electron chi connectivity index (χ1n) is 12.2. The number of aliphatic hydroxyl groups excluding tert-OH is 2. The zero-order chi connectivity index (χ0) is 20.1. The van der Waals surface area contributed by atoms with E-state index in [4.69, 9.17) is 10.2 Å². The summed E-state index contributed by atoms with van der Waals surface area (Å²) in [5, 5.41) is 17.5. The first-order chi connectivity index (χ1) is 13.1. The molecule has 0 fully saturated rings. The zero-order valence-corrected chi connectivity index (χ0v) is 18.9. The largest absolute Gasteiger partial charge is 0.396 e. The second-order valence-corrected chi connectivity index (χ2v) is 9.19. The molecule has 3 heteroatoms. The Morgan fingerprint density at radius 3 is 0.852 bits per heavy atom. The average molecular weight is 387 g/mol. The molecule has 0 aromatic carbocycles. The van der Waals surface area contributed by atoms with E-state index in [1.165, 1.54) is 120 Å². The van der Waals surface area contributed by atoms with E-state index in [2.05, 4.69) is 14.1 Å². The molecule has 0 saturated carbocycles. The quantitative estimate of drug-likeness (QED) is 0.175. The molecule has 0 bridgehead atoms. The van der Waals surface area contributed by atoms with Gasteiger partial charge in [-0.05, 0) is 38.5 Å². The van der Waals surface area contributed by atoms with Gasteiger partial charge < -0.3 is 14.7 Å². The molecule has 0 amide bonds. The predicted octanol–water partition coefficient (Wildman–Crippen LogP) is 6.07. The fourth-order valence-corrected chi connectivity index (χ4v) is 3.89. The van der Waals surface area contributed by atoms with Crippen molar-refractivity contribution in [1.29, 1.82) is 0 Å². The maximum absolute atomic E-state index is 8.76. The van der Waals surface area contributed by atoms with Crippen LogP contribution in [0.2, 0.25) is 0 Å². The highest BCUT2D eigenvalue weighted by Crippen LogP contribution is 2.13. The van der Waals surface area contributed by atoms with Crippen molar-refractivity contribution in [2.24, 2.45) is 0 Å². The third-order valence-corrected chi connectivity index (χ3v) is 5.84. The zero-order valence-electron chi connectivity index (χ0n) is 18.9.